The lowest BCUT2D eigenvalue weighted by molar-refractivity contribution is -0.137. The zero-order valence-electron chi connectivity index (χ0n) is 14.6. The molecule has 9 heteroatoms. The number of benzene rings is 1. The van der Waals surface area contributed by atoms with Crippen LogP contribution in [0.15, 0.2) is 49.2 Å². The van der Waals surface area contributed by atoms with Gasteiger partial charge in [0, 0.05) is 25.4 Å². The smallest absolute Gasteiger partial charge is 0.417 e. The molecule has 0 atom stereocenters. The van der Waals surface area contributed by atoms with Gasteiger partial charge in [-0.15, -0.1) is 0 Å². The molecule has 0 radical (unpaired) electrons. The largest absolute Gasteiger partial charge is 0.483 e. The molecule has 28 heavy (non-hydrogen) atoms. The first-order valence-electron chi connectivity index (χ1n) is 8.10. The predicted molar refractivity (Wildman–Crippen MR) is 93.8 cm³/mol. The van der Waals surface area contributed by atoms with E-state index in [1.807, 2.05) is 6.07 Å². The Hall–Kier alpha value is -3.36. The van der Waals surface area contributed by atoms with Crippen LogP contribution in [0.25, 0.3) is 0 Å². The second-order valence-corrected chi connectivity index (χ2v) is 5.73. The Morgan fingerprint density at radius 3 is 2.54 bits per heavy atom. The van der Waals surface area contributed by atoms with Gasteiger partial charge in [0.1, 0.15) is 5.75 Å². The minimum atomic E-state index is -4.43. The highest BCUT2D eigenvalue weighted by Gasteiger charge is 2.30. The molecular weight excluding hydrogens is 377 g/mol. The van der Waals surface area contributed by atoms with E-state index >= 15 is 0 Å². The Morgan fingerprint density at radius 1 is 1.25 bits per heavy atom. The van der Waals surface area contributed by atoms with Gasteiger partial charge in [0.2, 0.25) is 11.8 Å². The highest BCUT2D eigenvalue weighted by molar-refractivity contribution is 5.87. The van der Waals surface area contributed by atoms with Gasteiger partial charge >= 0.3 is 6.18 Å². The van der Waals surface area contributed by atoms with Crippen LogP contribution in [0.5, 0.6) is 11.6 Å². The minimum Gasteiger partial charge on any atom is -0.483 e. The van der Waals surface area contributed by atoms with E-state index in [4.69, 9.17) is 14.6 Å². The first-order valence-corrected chi connectivity index (χ1v) is 8.10. The van der Waals surface area contributed by atoms with Crippen LogP contribution >= 0.6 is 0 Å². The number of carbonyl (C=O) groups excluding carboxylic acids is 1. The van der Waals surface area contributed by atoms with Crippen molar-refractivity contribution in [1.29, 1.82) is 0 Å². The van der Waals surface area contributed by atoms with Crippen molar-refractivity contribution in [3.63, 3.8) is 0 Å². The van der Waals surface area contributed by atoms with Crippen LogP contribution in [-0.4, -0.2) is 33.9 Å². The Bertz CT molecular complexity index is 851. The molecule has 1 aromatic carbocycles. The Kier molecular flexibility index (Phi) is 6.75. The van der Waals surface area contributed by atoms with Gasteiger partial charge in [-0.1, -0.05) is 12.6 Å². The summed E-state index contributed by atoms with van der Waals surface area (Å²) in [6.07, 6.45) is -1.69. The topological polar surface area (TPSA) is 79.7 Å². The van der Waals surface area contributed by atoms with Crippen molar-refractivity contribution >= 4 is 12.4 Å². The number of fused-ring (bicyclic) bond motifs is 1. The summed E-state index contributed by atoms with van der Waals surface area (Å²) in [6, 6.07) is 7.51. The van der Waals surface area contributed by atoms with E-state index in [-0.39, 0.29) is 18.3 Å². The number of hydrogen-bond acceptors (Lipinski definition) is 4. The van der Waals surface area contributed by atoms with Gasteiger partial charge in [0.15, 0.2) is 0 Å². The molecule has 1 N–H and O–H groups in total. The van der Waals surface area contributed by atoms with Gasteiger partial charge in [-0.2, -0.15) is 13.2 Å². The molecule has 0 saturated carbocycles. The van der Waals surface area contributed by atoms with Crippen molar-refractivity contribution in [2.75, 3.05) is 6.54 Å². The number of nitrogens with zero attached hydrogens (tertiary/aromatic N) is 2. The molecular formula is C19H17F3N2O4. The van der Waals surface area contributed by atoms with Crippen LogP contribution in [0.2, 0.25) is 0 Å². The van der Waals surface area contributed by atoms with E-state index in [9.17, 15) is 18.0 Å². The van der Waals surface area contributed by atoms with Crippen molar-refractivity contribution in [2.45, 2.75) is 19.1 Å². The molecule has 148 valence electrons. The van der Waals surface area contributed by atoms with Crippen molar-refractivity contribution in [3.8, 4) is 11.6 Å². The standard InChI is InChI=1S/C18H15F3N2O2.CH2O2/c1-2-17(24)23-8-7-12-3-5-15(9-13(12)11-23)25-16-6-4-14(10-22-16)18(19,20)21;2-1-3/h2-6,9-10H,1,7-8,11H2;1H,(H,2,3). The van der Waals surface area contributed by atoms with Gasteiger partial charge < -0.3 is 14.7 Å². The molecule has 2 heterocycles. The van der Waals surface area contributed by atoms with Crippen molar-refractivity contribution in [3.05, 3.63) is 65.9 Å². The fourth-order valence-corrected chi connectivity index (χ4v) is 2.64. The van der Waals surface area contributed by atoms with E-state index in [0.29, 0.717) is 18.8 Å². The maximum absolute atomic E-state index is 12.5. The number of hydrogen-bond donors (Lipinski definition) is 1. The zero-order chi connectivity index (χ0) is 20.7. The maximum atomic E-state index is 12.5. The Morgan fingerprint density at radius 2 is 1.96 bits per heavy atom. The van der Waals surface area contributed by atoms with E-state index in [0.717, 1.165) is 29.8 Å². The lowest BCUT2D eigenvalue weighted by Gasteiger charge is -2.28. The maximum Gasteiger partial charge on any atom is 0.417 e. The van der Waals surface area contributed by atoms with Crippen LogP contribution in [-0.2, 0) is 28.7 Å². The first-order chi connectivity index (χ1) is 13.3. The molecule has 2 aromatic rings. The summed E-state index contributed by atoms with van der Waals surface area (Å²) in [5.41, 5.74) is 1.22. The molecule has 1 aliphatic rings. The number of amides is 1. The van der Waals surface area contributed by atoms with Crippen LogP contribution in [0, 0.1) is 0 Å². The number of pyridine rings is 1. The van der Waals surface area contributed by atoms with Crippen LogP contribution in [0.3, 0.4) is 0 Å². The minimum absolute atomic E-state index is 0.0720. The summed E-state index contributed by atoms with van der Waals surface area (Å²) in [5, 5.41) is 6.89. The summed E-state index contributed by atoms with van der Waals surface area (Å²) >= 11 is 0. The van der Waals surface area contributed by atoms with E-state index in [1.165, 1.54) is 12.1 Å². The number of alkyl halides is 3. The lowest BCUT2D eigenvalue weighted by atomic mass is 9.99. The average Bonchev–Trinajstić information content (AvgIpc) is 2.67. The van der Waals surface area contributed by atoms with Crippen LogP contribution < -0.4 is 4.74 Å². The van der Waals surface area contributed by atoms with Gasteiger partial charge in [0.25, 0.3) is 6.47 Å². The quantitative estimate of drug-likeness (QED) is 0.635. The average molecular weight is 394 g/mol. The Balaban J connectivity index is 0.000000878. The molecule has 1 aromatic heterocycles. The molecule has 0 fully saturated rings. The highest BCUT2D eigenvalue weighted by Crippen LogP contribution is 2.31. The van der Waals surface area contributed by atoms with Gasteiger partial charge in [-0.05, 0) is 41.8 Å². The monoisotopic (exact) mass is 394 g/mol. The zero-order valence-corrected chi connectivity index (χ0v) is 14.6. The van der Waals surface area contributed by atoms with E-state index in [2.05, 4.69) is 11.6 Å². The third-order valence-electron chi connectivity index (χ3n) is 3.96. The van der Waals surface area contributed by atoms with E-state index in [1.54, 1.807) is 17.0 Å². The van der Waals surface area contributed by atoms with Crippen molar-refractivity contribution < 1.29 is 32.6 Å². The van der Waals surface area contributed by atoms with Gasteiger partial charge in [-0.3, -0.25) is 9.59 Å². The van der Waals surface area contributed by atoms with Crippen molar-refractivity contribution in [2.24, 2.45) is 0 Å². The second kappa shape index (κ2) is 9.03. The third kappa shape index (κ3) is 5.32. The number of aromatic nitrogens is 1. The third-order valence-corrected chi connectivity index (χ3v) is 3.96. The summed E-state index contributed by atoms with van der Waals surface area (Å²) in [5.74, 6) is 0.392. The summed E-state index contributed by atoms with van der Waals surface area (Å²) in [7, 11) is 0. The fraction of sp³-hybridized carbons (Fsp3) is 0.211. The molecule has 0 aliphatic carbocycles. The number of rotatable bonds is 3. The summed E-state index contributed by atoms with van der Waals surface area (Å²) < 4.78 is 43.2. The normalized spacial score (nSPS) is 12.9. The molecule has 1 aliphatic heterocycles. The highest BCUT2D eigenvalue weighted by atomic mass is 19.4. The summed E-state index contributed by atoms with van der Waals surface area (Å²) in [4.78, 5) is 25.5. The number of carboxylic acid groups (broad SMARTS) is 1. The molecule has 0 bridgehead atoms. The fourth-order valence-electron chi connectivity index (χ4n) is 2.64. The predicted octanol–water partition coefficient (Wildman–Crippen LogP) is 3.66. The first kappa shape index (κ1) is 20.9. The molecule has 0 spiro atoms. The number of halogens is 3. The number of ether oxygens (including phenoxy) is 1. The summed E-state index contributed by atoms with van der Waals surface area (Å²) in [6.45, 7) is 4.30. The SMILES string of the molecule is C=CC(=O)N1CCc2ccc(Oc3ccc(C(F)(F)F)cn3)cc2C1.O=CO. The molecule has 6 nitrogen and oxygen atoms in total. The number of carbonyl (C=O) groups is 2. The molecule has 0 unspecified atom stereocenters. The molecule has 3 rings (SSSR count). The van der Waals surface area contributed by atoms with Crippen LogP contribution in [0.1, 0.15) is 16.7 Å². The van der Waals surface area contributed by atoms with Gasteiger partial charge in [-0.25, -0.2) is 4.98 Å². The second-order valence-electron chi connectivity index (χ2n) is 5.73. The van der Waals surface area contributed by atoms with E-state index < -0.39 is 11.7 Å². The lowest BCUT2D eigenvalue weighted by Crippen LogP contribution is -2.34. The van der Waals surface area contributed by atoms with Gasteiger partial charge in [0.05, 0.1) is 5.56 Å². The van der Waals surface area contributed by atoms with Crippen LogP contribution in [0.4, 0.5) is 13.2 Å². The molecule has 0 saturated heterocycles. The molecule has 1 amide bonds. The Labute approximate surface area is 158 Å². The van der Waals surface area contributed by atoms with Crippen molar-refractivity contribution in [1.82, 2.24) is 9.88 Å².